The molecule has 0 amide bonds. The molecule has 104 valence electrons. The van der Waals surface area contributed by atoms with Crippen LogP contribution in [-0.4, -0.2) is 36.8 Å². The average molecular weight is 269 g/mol. The van der Waals surface area contributed by atoms with Gasteiger partial charge in [-0.1, -0.05) is 33.6 Å². The summed E-state index contributed by atoms with van der Waals surface area (Å²) >= 11 is 1.82. The Morgan fingerprint density at radius 1 is 1.50 bits per heavy atom. The number of hydrogen-bond acceptors (Lipinski definition) is 3. The van der Waals surface area contributed by atoms with Gasteiger partial charge in [0.15, 0.2) is 0 Å². The van der Waals surface area contributed by atoms with Crippen molar-refractivity contribution in [3.63, 3.8) is 0 Å². The lowest BCUT2D eigenvalue weighted by Crippen LogP contribution is -2.61. The second kappa shape index (κ2) is 7.43. The zero-order valence-electron chi connectivity index (χ0n) is 12.2. The van der Waals surface area contributed by atoms with E-state index in [1.165, 1.54) is 0 Å². The molecule has 0 saturated heterocycles. The summed E-state index contributed by atoms with van der Waals surface area (Å²) < 4.78 is 5.96. The Hall–Kier alpha value is -0.170. The van der Waals surface area contributed by atoms with Crippen LogP contribution in [-0.2, 0) is 4.74 Å². The molecule has 3 heteroatoms. The van der Waals surface area contributed by atoms with Crippen LogP contribution < -0.4 is 5.32 Å². The van der Waals surface area contributed by atoms with Crippen molar-refractivity contribution >= 4 is 11.8 Å². The van der Waals surface area contributed by atoms with Crippen molar-refractivity contribution in [1.82, 2.24) is 5.32 Å². The molecule has 2 unspecified atom stereocenters. The third-order valence-corrected chi connectivity index (χ3v) is 4.49. The summed E-state index contributed by atoms with van der Waals surface area (Å²) in [5, 5.41) is 3.62. The van der Waals surface area contributed by atoms with Crippen molar-refractivity contribution in [1.29, 1.82) is 0 Å². The van der Waals surface area contributed by atoms with Crippen molar-refractivity contribution in [2.75, 3.05) is 24.7 Å². The Morgan fingerprint density at radius 3 is 2.78 bits per heavy atom. The van der Waals surface area contributed by atoms with Gasteiger partial charge >= 0.3 is 0 Å². The molecule has 18 heavy (non-hydrogen) atoms. The minimum absolute atomic E-state index is 0.256. The molecule has 1 N–H and O–H groups in total. The van der Waals surface area contributed by atoms with Gasteiger partial charge in [-0.05, 0) is 12.3 Å². The standard InChI is InChI=1S/C15H27NOS/c1-6-8-18-9-7-16-13-10-14(15(13,4)5)17-11-12(2)3/h1,12-14,16H,7-11H2,2-5H3. The van der Waals surface area contributed by atoms with Crippen molar-refractivity contribution in [2.24, 2.45) is 11.3 Å². The van der Waals surface area contributed by atoms with Crippen LogP contribution in [0.2, 0.25) is 0 Å². The normalized spacial score (nSPS) is 25.8. The fourth-order valence-corrected chi connectivity index (χ4v) is 2.78. The van der Waals surface area contributed by atoms with E-state index in [1.54, 1.807) is 0 Å². The third-order valence-electron chi connectivity index (χ3n) is 3.63. The third kappa shape index (κ3) is 4.50. The topological polar surface area (TPSA) is 21.3 Å². The predicted octanol–water partition coefficient (Wildman–Crippen LogP) is 2.78. The smallest absolute Gasteiger partial charge is 0.0656 e. The molecule has 1 aliphatic rings. The molecular weight excluding hydrogens is 242 g/mol. The summed E-state index contributed by atoms with van der Waals surface area (Å²) in [7, 11) is 0. The minimum atomic E-state index is 0.256. The molecule has 1 fully saturated rings. The number of terminal acetylenes is 1. The maximum absolute atomic E-state index is 5.96. The monoisotopic (exact) mass is 269 g/mol. The molecule has 1 saturated carbocycles. The molecule has 0 radical (unpaired) electrons. The second-order valence-corrected chi connectivity index (χ2v) is 7.14. The second-order valence-electron chi connectivity index (χ2n) is 6.04. The number of nitrogens with one attached hydrogen (secondary N) is 1. The number of hydrogen-bond donors (Lipinski definition) is 1. The van der Waals surface area contributed by atoms with Crippen molar-refractivity contribution in [2.45, 2.75) is 46.3 Å². The average Bonchev–Trinajstić information content (AvgIpc) is 2.30. The van der Waals surface area contributed by atoms with Gasteiger partial charge in [0, 0.05) is 30.4 Å². The summed E-state index contributed by atoms with van der Waals surface area (Å²) in [5.41, 5.74) is 0.256. The van der Waals surface area contributed by atoms with Crippen LogP contribution in [0.3, 0.4) is 0 Å². The van der Waals surface area contributed by atoms with Gasteiger partial charge in [0.25, 0.3) is 0 Å². The van der Waals surface area contributed by atoms with E-state index in [9.17, 15) is 0 Å². The largest absolute Gasteiger partial charge is 0.377 e. The van der Waals surface area contributed by atoms with E-state index in [2.05, 4.69) is 38.9 Å². The number of rotatable bonds is 8. The maximum atomic E-state index is 5.96. The molecule has 0 heterocycles. The van der Waals surface area contributed by atoms with Gasteiger partial charge in [-0.2, -0.15) is 0 Å². The SMILES string of the molecule is C#CCSCCNC1CC(OCC(C)C)C1(C)C. The van der Waals surface area contributed by atoms with Crippen LogP contribution >= 0.6 is 11.8 Å². The molecule has 0 aromatic heterocycles. The van der Waals surface area contributed by atoms with E-state index in [1.807, 2.05) is 11.8 Å². The van der Waals surface area contributed by atoms with Gasteiger partial charge in [-0.25, -0.2) is 0 Å². The molecule has 1 rings (SSSR count). The molecule has 0 spiro atoms. The fourth-order valence-electron chi connectivity index (χ4n) is 2.26. The lowest BCUT2D eigenvalue weighted by Gasteiger charge is -2.52. The van der Waals surface area contributed by atoms with Crippen molar-refractivity contribution in [3.8, 4) is 12.3 Å². The summed E-state index contributed by atoms with van der Waals surface area (Å²) in [6.07, 6.45) is 6.77. The first-order valence-corrected chi connectivity index (χ1v) is 8.00. The number of ether oxygens (including phenoxy) is 1. The maximum Gasteiger partial charge on any atom is 0.0656 e. The molecule has 1 aliphatic carbocycles. The van der Waals surface area contributed by atoms with E-state index in [0.717, 1.165) is 31.1 Å². The lowest BCUT2D eigenvalue weighted by molar-refractivity contribution is -0.123. The predicted molar refractivity (Wildman–Crippen MR) is 80.9 cm³/mol. The molecule has 0 aliphatic heterocycles. The van der Waals surface area contributed by atoms with Crippen LogP contribution in [0.25, 0.3) is 0 Å². The highest BCUT2D eigenvalue weighted by Gasteiger charge is 2.48. The van der Waals surface area contributed by atoms with E-state index < -0.39 is 0 Å². The Labute approximate surface area is 117 Å². The van der Waals surface area contributed by atoms with Crippen LogP contribution in [0.1, 0.15) is 34.1 Å². The first-order chi connectivity index (χ1) is 8.48. The van der Waals surface area contributed by atoms with Crippen LogP contribution in [0.15, 0.2) is 0 Å². The quantitative estimate of drug-likeness (QED) is 0.541. The minimum Gasteiger partial charge on any atom is -0.377 e. The van der Waals surface area contributed by atoms with Gasteiger partial charge in [-0.15, -0.1) is 18.2 Å². The highest BCUT2D eigenvalue weighted by molar-refractivity contribution is 7.99. The van der Waals surface area contributed by atoms with Gasteiger partial charge in [0.05, 0.1) is 11.9 Å². The number of thioether (sulfide) groups is 1. The van der Waals surface area contributed by atoms with Crippen LogP contribution in [0.5, 0.6) is 0 Å². The van der Waals surface area contributed by atoms with E-state index in [4.69, 9.17) is 11.2 Å². The van der Waals surface area contributed by atoms with Gasteiger partial charge in [-0.3, -0.25) is 0 Å². The molecule has 2 nitrogen and oxygen atoms in total. The first-order valence-electron chi connectivity index (χ1n) is 6.84. The Kier molecular flexibility index (Phi) is 6.55. The highest BCUT2D eigenvalue weighted by Crippen LogP contribution is 2.42. The highest BCUT2D eigenvalue weighted by atomic mass is 32.2. The lowest BCUT2D eigenvalue weighted by atomic mass is 9.64. The van der Waals surface area contributed by atoms with Gasteiger partial charge in [0.2, 0.25) is 0 Å². The Bertz CT molecular complexity index is 283. The molecular formula is C15H27NOS. The van der Waals surface area contributed by atoms with E-state index in [0.29, 0.717) is 18.1 Å². The fraction of sp³-hybridized carbons (Fsp3) is 0.867. The molecule has 2 atom stereocenters. The molecule has 0 aromatic carbocycles. The van der Waals surface area contributed by atoms with Gasteiger partial charge in [0.1, 0.15) is 0 Å². The van der Waals surface area contributed by atoms with Gasteiger partial charge < -0.3 is 10.1 Å². The van der Waals surface area contributed by atoms with Crippen molar-refractivity contribution in [3.05, 3.63) is 0 Å². The summed E-state index contributed by atoms with van der Waals surface area (Å²) in [5.74, 6) is 5.17. The van der Waals surface area contributed by atoms with Crippen LogP contribution in [0.4, 0.5) is 0 Å². The van der Waals surface area contributed by atoms with Crippen molar-refractivity contribution < 1.29 is 4.74 Å². The van der Waals surface area contributed by atoms with Crippen LogP contribution in [0, 0.1) is 23.7 Å². The zero-order valence-corrected chi connectivity index (χ0v) is 13.0. The Morgan fingerprint density at radius 2 is 2.22 bits per heavy atom. The van der Waals surface area contributed by atoms with E-state index in [-0.39, 0.29) is 5.41 Å². The molecule has 0 aromatic rings. The summed E-state index contributed by atoms with van der Waals surface area (Å²) in [6, 6.07) is 0.584. The zero-order chi connectivity index (χ0) is 13.6. The summed E-state index contributed by atoms with van der Waals surface area (Å²) in [6.45, 7) is 10.9. The van der Waals surface area contributed by atoms with E-state index >= 15 is 0 Å². The first kappa shape index (κ1) is 15.9. The summed E-state index contributed by atoms with van der Waals surface area (Å²) in [4.78, 5) is 0. The Balaban J connectivity index is 2.16. The molecule has 0 bridgehead atoms.